The van der Waals surface area contributed by atoms with Crippen LogP contribution in [0.3, 0.4) is 0 Å². The fourth-order valence-electron chi connectivity index (χ4n) is 0.125. The summed E-state index contributed by atoms with van der Waals surface area (Å²) in [5, 5.41) is 2.89. The van der Waals surface area contributed by atoms with Crippen LogP contribution >= 0.6 is 0 Å². The maximum absolute atomic E-state index is 3.52. The van der Waals surface area contributed by atoms with Gasteiger partial charge in [0.2, 0.25) is 0 Å². The normalized spacial score (nSPS) is 5.40. The zero-order valence-electron chi connectivity index (χ0n) is 7.91. The van der Waals surface area contributed by atoms with Crippen LogP contribution < -0.4 is 5.32 Å². The van der Waals surface area contributed by atoms with Gasteiger partial charge < -0.3 is 19.2 Å². The van der Waals surface area contributed by atoms with E-state index in [1.54, 1.807) is 0 Å². The van der Waals surface area contributed by atoms with Crippen LogP contribution in [-0.2, 0) is 32.7 Å². The van der Waals surface area contributed by atoms with Gasteiger partial charge in [0.05, 0.1) is 0 Å². The van der Waals surface area contributed by atoms with Crippen molar-refractivity contribution in [3.8, 4) is 0 Å². The SMILES string of the molecule is CC.CC.[CH2-]CNC[CH2-].[Y]. The van der Waals surface area contributed by atoms with Crippen molar-refractivity contribution in [2.45, 2.75) is 27.7 Å². The zero-order chi connectivity index (χ0) is 8.12. The van der Waals surface area contributed by atoms with Crippen LogP contribution in [0.5, 0.6) is 0 Å². The monoisotopic (exact) mass is 220 g/mol. The van der Waals surface area contributed by atoms with Crippen LogP contribution in [0.15, 0.2) is 0 Å². The van der Waals surface area contributed by atoms with E-state index in [2.05, 4.69) is 19.2 Å². The first-order valence-corrected chi connectivity index (χ1v) is 3.71. The molecule has 0 heterocycles. The average Bonchev–Trinajstić information content (AvgIpc) is 1.98. The summed E-state index contributed by atoms with van der Waals surface area (Å²) >= 11 is 0. The Morgan fingerprint density at radius 1 is 0.900 bits per heavy atom. The summed E-state index contributed by atoms with van der Waals surface area (Å²) in [4.78, 5) is 0. The van der Waals surface area contributed by atoms with Crippen molar-refractivity contribution in [3.63, 3.8) is 0 Å². The van der Waals surface area contributed by atoms with Crippen LogP contribution in [0, 0.1) is 13.8 Å². The van der Waals surface area contributed by atoms with Gasteiger partial charge in [0.15, 0.2) is 0 Å². The van der Waals surface area contributed by atoms with Gasteiger partial charge in [0.1, 0.15) is 0 Å². The van der Waals surface area contributed by atoms with Gasteiger partial charge in [-0.1, -0.05) is 27.7 Å². The van der Waals surface area contributed by atoms with Gasteiger partial charge in [0.25, 0.3) is 0 Å². The molecule has 0 bridgehead atoms. The fourth-order valence-corrected chi connectivity index (χ4v) is 0.125. The number of hydrogen-bond acceptors (Lipinski definition) is 1. The predicted molar refractivity (Wildman–Crippen MR) is 46.3 cm³/mol. The van der Waals surface area contributed by atoms with Crippen molar-refractivity contribution in [2.75, 3.05) is 13.1 Å². The quantitative estimate of drug-likeness (QED) is 0.704. The Kier molecular flexibility index (Phi) is 112. The Morgan fingerprint density at radius 2 is 1.10 bits per heavy atom. The van der Waals surface area contributed by atoms with E-state index in [-0.39, 0.29) is 32.7 Å². The Labute approximate surface area is 92.2 Å². The van der Waals surface area contributed by atoms with E-state index in [1.807, 2.05) is 27.7 Å². The molecule has 0 aromatic heterocycles. The molecule has 0 unspecified atom stereocenters. The van der Waals surface area contributed by atoms with Crippen LogP contribution in [0.2, 0.25) is 0 Å². The average molecular weight is 220 g/mol. The minimum Gasteiger partial charge on any atom is -0.376 e. The van der Waals surface area contributed by atoms with Crippen molar-refractivity contribution >= 4 is 0 Å². The standard InChI is InChI=1S/C4H9N.2C2H6.Y/c1-3-5-4-2;2*1-2;/h5H,1-4H2;2*1-2H3;/q-2;;;. The first-order valence-electron chi connectivity index (χ1n) is 3.71. The maximum Gasteiger partial charge on any atom is 0 e. The van der Waals surface area contributed by atoms with Crippen molar-refractivity contribution in [1.29, 1.82) is 0 Å². The van der Waals surface area contributed by atoms with Crippen molar-refractivity contribution in [1.82, 2.24) is 5.32 Å². The third-order valence-electron chi connectivity index (χ3n) is 0.354. The minimum atomic E-state index is 0. The maximum atomic E-state index is 3.52. The molecule has 1 nitrogen and oxygen atoms in total. The molecular formula is C8H21NY-2. The Bertz CT molecular complexity index is 16.7. The minimum absolute atomic E-state index is 0. The molecule has 0 aromatic carbocycles. The summed E-state index contributed by atoms with van der Waals surface area (Å²) in [6, 6.07) is 0. The Hall–Kier alpha value is 1.06. The van der Waals surface area contributed by atoms with E-state index in [0.717, 1.165) is 13.1 Å². The van der Waals surface area contributed by atoms with Gasteiger partial charge in [-0.25, -0.2) is 0 Å². The first-order chi connectivity index (χ1) is 4.41. The summed E-state index contributed by atoms with van der Waals surface area (Å²) in [7, 11) is 0. The molecule has 0 rings (SSSR count). The van der Waals surface area contributed by atoms with Gasteiger partial charge in [-0.15, -0.1) is 13.1 Å². The molecule has 0 aliphatic rings. The predicted octanol–water partition coefficient (Wildman–Crippen LogP) is 2.29. The molecule has 2 heteroatoms. The van der Waals surface area contributed by atoms with Gasteiger partial charge >= 0.3 is 0 Å². The number of rotatable bonds is 2. The molecule has 10 heavy (non-hydrogen) atoms. The van der Waals surface area contributed by atoms with E-state index in [0.29, 0.717) is 0 Å². The summed E-state index contributed by atoms with van der Waals surface area (Å²) in [5.74, 6) is 0. The van der Waals surface area contributed by atoms with Gasteiger partial charge in [-0.3, -0.25) is 0 Å². The van der Waals surface area contributed by atoms with E-state index < -0.39 is 0 Å². The summed E-state index contributed by atoms with van der Waals surface area (Å²) in [6.45, 7) is 16.6. The van der Waals surface area contributed by atoms with E-state index >= 15 is 0 Å². The van der Waals surface area contributed by atoms with Crippen LogP contribution in [0.1, 0.15) is 27.7 Å². The third-order valence-corrected chi connectivity index (χ3v) is 0.354. The van der Waals surface area contributed by atoms with E-state index in [9.17, 15) is 0 Å². The molecular weight excluding hydrogens is 199 g/mol. The number of hydrogen-bond donors (Lipinski definition) is 1. The van der Waals surface area contributed by atoms with Crippen LogP contribution in [0.4, 0.5) is 0 Å². The zero-order valence-corrected chi connectivity index (χ0v) is 10.7. The van der Waals surface area contributed by atoms with E-state index in [4.69, 9.17) is 0 Å². The molecule has 0 saturated heterocycles. The van der Waals surface area contributed by atoms with Crippen LogP contribution in [0.25, 0.3) is 0 Å². The Morgan fingerprint density at radius 3 is 1.10 bits per heavy atom. The molecule has 0 aliphatic carbocycles. The second kappa shape index (κ2) is 50.1. The second-order valence-electron chi connectivity index (χ2n) is 0.750. The Balaban J connectivity index is -0.0000000315. The summed E-state index contributed by atoms with van der Waals surface area (Å²) in [5.41, 5.74) is 0. The molecule has 0 atom stereocenters. The molecule has 0 spiro atoms. The van der Waals surface area contributed by atoms with Gasteiger partial charge in [-0.05, 0) is 0 Å². The second-order valence-corrected chi connectivity index (χ2v) is 0.750. The number of nitrogens with one attached hydrogen (secondary N) is 1. The molecule has 0 aromatic rings. The third kappa shape index (κ3) is 62.8. The summed E-state index contributed by atoms with van der Waals surface area (Å²) < 4.78 is 0. The molecule has 63 valence electrons. The van der Waals surface area contributed by atoms with Crippen molar-refractivity contribution in [2.24, 2.45) is 0 Å². The van der Waals surface area contributed by atoms with Gasteiger partial charge in [-0.2, -0.15) is 0 Å². The molecule has 0 saturated carbocycles. The van der Waals surface area contributed by atoms with Crippen molar-refractivity contribution in [3.05, 3.63) is 13.8 Å². The van der Waals surface area contributed by atoms with E-state index in [1.165, 1.54) is 0 Å². The smallest absolute Gasteiger partial charge is 0 e. The van der Waals surface area contributed by atoms with Crippen molar-refractivity contribution < 1.29 is 32.7 Å². The molecule has 0 amide bonds. The molecule has 1 N–H and O–H groups in total. The molecule has 1 radical (unpaired) electrons. The molecule has 0 aliphatic heterocycles. The van der Waals surface area contributed by atoms with Gasteiger partial charge in [0, 0.05) is 32.7 Å². The fraction of sp³-hybridized carbons (Fsp3) is 0.750. The largest absolute Gasteiger partial charge is 0.376 e. The summed E-state index contributed by atoms with van der Waals surface area (Å²) in [6.07, 6.45) is 0. The van der Waals surface area contributed by atoms with Crippen LogP contribution in [-0.4, -0.2) is 13.1 Å². The molecule has 0 fully saturated rings. The first kappa shape index (κ1) is 22.5. The topological polar surface area (TPSA) is 12.0 Å².